The molecule has 0 aliphatic carbocycles. The number of aromatic hydroxyl groups is 1. The van der Waals surface area contributed by atoms with E-state index < -0.39 is 5.82 Å². The molecule has 1 heterocycles. The van der Waals surface area contributed by atoms with Gasteiger partial charge in [0.15, 0.2) is 11.6 Å². The van der Waals surface area contributed by atoms with Crippen molar-refractivity contribution in [3.8, 4) is 5.75 Å². The lowest BCUT2D eigenvalue weighted by molar-refractivity contribution is 0.159. The third kappa shape index (κ3) is 4.83. The Bertz CT molecular complexity index is 425. The van der Waals surface area contributed by atoms with E-state index in [-0.39, 0.29) is 24.2 Å². The molecular weight excluding hydrogens is 291 g/mol. The fourth-order valence-electron chi connectivity index (χ4n) is 2.92. The molecule has 1 aliphatic rings. The molecule has 0 unspecified atom stereocenters. The second-order valence-corrected chi connectivity index (χ2v) is 5.48. The Morgan fingerprint density at radius 1 is 1.29 bits per heavy atom. The number of halogens is 2. The molecule has 0 amide bonds. The van der Waals surface area contributed by atoms with Crippen LogP contribution in [-0.2, 0) is 0 Å². The number of hydrogen-bond acceptors (Lipinski definition) is 3. The second-order valence-electron chi connectivity index (χ2n) is 5.48. The fourth-order valence-corrected chi connectivity index (χ4v) is 2.92. The summed E-state index contributed by atoms with van der Waals surface area (Å²) in [6.45, 7) is 6.00. The summed E-state index contributed by atoms with van der Waals surface area (Å²) in [4.78, 5) is 2.36. The molecule has 1 aromatic carbocycles. The molecule has 1 aromatic rings. The van der Waals surface area contributed by atoms with Gasteiger partial charge in [0.25, 0.3) is 0 Å². The van der Waals surface area contributed by atoms with Crippen LogP contribution in [0.2, 0.25) is 0 Å². The molecular formula is C16H26ClFN2O. The maximum absolute atomic E-state index is 13.6. The molecule has 21 heavy (non-hydrogen) atoms. The van der Waals surface area contributed by atoms with E-state index >= 15 is 0 Å². The van der Waals surface area contributed by atoms with Gasteiger partial charge in [-0.05, 0) is 12.5 Å². The Labute approximate surface area is 132 Å². The van der Waals surface area contributed by atoms with Crippen LogP contribution in [0.3, 0.4) is 0 Å². The molecule has 1 saturated heterocycles. The molecule has 120 valence electrons. The quantitative estimate of drug-likeness (QED) is 0.789. The number of benzene rings is 1. The summed E-state index contributed by atoms with van der Waals surface area (Å²) in [5, 5.41) is 13.4. The molecule has 1 aliphatic heterocycles. The molecule has 2 rings (SSSR count). The van der Waals surface area contributed by atoms with Crippen LogP contribution in [0.15, 0.2) is 18.2 Å². The van der Waals surface area contributed by atoms with Crippen LogP contribution >= 0.6 is 12.4 Å². The maximum atomic E-state index is 13.6. The first kappa shape index (κ1) is 18.2. The summed E-state index contributed by atoms with van der Waals surface area (Å²) in [5.74, 6) is -0.689. The van der Waals surface area contributed by atoms with E-state index in [2.05, 4.69) is 17.1 Å². The van der Waals surface area contributed by atoms with Crippen LogP contribution in [0, 0.1) is 5.82 Å². The van der Waals surface area contributed by atoms with Gasteiger partial charge in [-0.2, -0.15) is 0 Å². The smallest absolute Gasteiger partial charge is 0.165 e. The van der Waals surface area contributed by atoms with Crippen molar-refractivity contribution in [3.63, 3.8) is 0 Å². The van der Waals surface area contributed by atoms with E-state index in [1.54, 1.807) is 6.07 Å². The Kier molecular flexibility index (Phi) is 8.01. The van der Waals surface area contributed by atoms with Crippen LogP contribution < -0.4 is 5.32 Å². The molecule has 0 saturated carbocycles. The number of rotatable bonds is 6. The zero-order valence-corrected chi connectivity index (χ0v) is 13.5. The van der Waals surface area contributed by atoms with Crippen molar-refractivity contribution in [3.05, 3.63) is 29.6 Å². The Balaban J connectivity index is 0.00000220. The zero-order valence-electron chi connectivity index (χ0n) is 12.6. The number of hydrogen-bond donors (Lipinski definition) is 2. The lowest BCUT2D eigenvalue weighted by Gasteiger charge is -2.35. The summed E-state index contributed by atoms with van der Waals surface area (Å²) in [7, 11) is 0. The highest BCUT2D eigenvalue weighted by Gasteiger charge is 2.25. The molecule has 1 fully saturated rings. The third-order valence-electron chi connectivity index (χ3n) is 4.05. The average Bonchev–Trinajstić information content (AvgIpc) is 2.48. The predicted molar refractivity (Wildman–Crippen MR) is 86.6 cm³/mol. The van der Waals surface area contributed by atoms with Gasteiger partial charge in [0.1, 0.15) is 0 Å². The highest BCUT2D eigenvalue weighted by molar-refractivity contribution is 5.85. The predicted octanol–water partition coefficient (Wildman–Crippen LogP) is 3.48. The minimum Gasteiger partial charge on any atom is -0.505 e. The molecule has 3 nitrogen and oxygen atoms in total. The Morgan fingerprint density at radius 3 is 2.67 bits per heavy atom. The third-order valence-corrected chi connectivity index (χ3v) is 4.05. The number of nitrogens with zero attached hydrogens (tertiary/aromatic N) is 1. The van der Waals surface area contributed by atoms with Crippen LogP contribution in [0.25, 0.3) is 0 Å². The summed E-state index contributed by atoms with van der Waals surface area (Å²) < 4.78 is 13.6. The van der Waals surface area contributed by atoms with Gasteiger partial charge in [0.05, 0.1) is 0 Å². The van der Waals surface area contributed by atoms with E-state index in [0.29, 0.717) is 0 Å². The number of phenolic OH excluding ortho intramolecular Hbond substituents is 1. The highest BCUT2D eigenvalue weighted by atomic mass is 35.5. The van der Waals surface area contributed by atoms with Gasteiger partial charge < -0.3 is 10.4 Å². The van der Waals surface area contributed by atoms with Gasteiger partial charge in [-0.1, -0.05) is 38.3 Å². The van der Waals surface area contributed by atoms with Crippen molar-refractivity contribution in [2.45, 2.75) is 38.6 Å². The highest BCUT2D eigenvalue weighted by Crippen LogP contribution is 2.34. The van der Waals surface area contributed by atoms with Gasteiger partial charge in [0, 0.05) is 37.8 Å². The number of piperazine rings is 1. The molecule has 5 heteroatoms. The lowest BCUT2D eigenvalue weighted by Crippen LogP contribution is -2.45. The Hall–Kier alpha value is -0.840. The van der Waals surface area contributed by atoms with Gasteiger partial charge in [-0.15, -0.1) is 12.4 Å². The topological polar surface area (TPSA) is 35.5 Å². The van der Waals surface area contributed by atoms with Crippen molar-refractivity contribution in [1.82, 2.24) is 10.2 Å². The lowest BCUT2D eigenvalue weighted by atomic mass is 9.97. The molecule has 0 aromatic heterocycles. The largest absolute Gasteiger partial charge is 0.505 e. The van der Waals surface area contributed by atoms with Crippen LogP contribution in [0.5, 0.6) is 5.75 Å². The van der Waals surface area contributed by atoms with Crippen LogP contribution in [-0.4, -0.2) is 36.2 Å². The molecule has 0 radical (unpaired) electrons. The van der Waals surface area contributed by atoms with Crippen molar-refractivity contribution < 1.29 is 9.50 Å². The first-order valence-electron chi connectivity index (χ1n) is 7.66. The SMILES string of the molecule is CCCCC[C@H](c1cccc(F)c1O)N1CCNCC1.Cl. The van der Waals surface area contributed by atoms with Crippen molar-refractivity contribution in [1.29, 1.82) is 0 Å². The first-order valence-corrected chi connectivity index (χ1v) is 7.66. The van der Waals surface area contributed by atoms with Crippen LogP contribution in [0.1, 0.15) is 44.2 Å². The van der Waals surface area contributed by atoms with E-state index in [1.165, 1.54) is 18.9 Å². The normalized spacial score (nSPS) is 17.2. The van der Waals surface area contributed by atoms with Crippen molar-refractivity contribution in [2.75, 3.05) is 26.2 Å². The van der Waals surface area contributed by atoms with Crippen LogP contribution in [0.4, 0.5) is 4.39 Å². The fraction of sp³-hybridized carbons (Fsp3) is 0.625. The number of para-hydroxylation sites is 1. The molecule has 0 bridgehead atoms. The molecule has 0 spiro atoms. The van der Waals surface area contributed by atoms with Crippen molar-refractivity contribution >= 4 is 12.4 Å². The standard InChI is InChI=1S/C16H25FN2O.ClH/c1-2-3-4-8-15(19-11-9-18-10-12-19)13-6-5-7-14(17)16(13)20;/h5-7,15,18,20H,2-4,8-12H2,1H3;1H/t15-;/m1./s1. The first-order chi connectivity index (χ1) is 9.74. The maximum Gasteiger partial charge on any atom is 0.165 e. The average molecular weight is 317 g/mol. The summed E-state index contributed by atoms with van der Waals surface area (Å²) in [6.07, 6.45) is 4.44. The Morgan fingerprint density at radius 2 is 2.00 bits per heavy atom. The number of phenols is 1. The zero-order chi connectivity index (χ0) is 14.4. The van der Waals surface area contributed by atoms with E-state index in [4.69, 9.17) is 0 Å². The monoisotopic (exact) mass is 316 g/mol. The summed E-state index contributed by atoms with van der Waals surface area (Å²) in [5.41, 5.74) is 0.739. The summed E-state index contributed by atoms with van der Waals surface area (Å²) >= 11 is 0. The number of nitrogens with one attached hydrogen (secondary N) is 1. The number of unbranched alkanes of at least 4 members (excludes halogenated alkanes) is 2. The molecule has 2 N–H and O–H groups in total. The van der Waals surface area contributed by atoms with Gasteiger partial charge >= 0.3 is 0 Å². The van der Waals surface area contributed by atoms with Gasteiger partial charge in [-0.25, -0.2) is 4.39 Å². The minimum atomic E-state index is -0.516. The summed E-state index contributed by atoms with van der Waals surface area (Å²) in [6, 6.07) is 5.00. The van der Waals surface area contributed by atoms with Gasteiger partial charge in [-0.3, -0.25) is 4.90 Å². The van der Waals surface area contributed by atoms with Gasteiger partial charge in [0.2, 0.25) is 0 Å². The second kappa shape index (κ2) is 9.23. The van der Waals surface area contributed by atoms with E-state index in [0.717, 1.165) is 44.6 Å². The molecule has 1 atom stereocenters. The minimum absolute atomic E-state index is 0. The van der Waals surface area contributed by atoms with E-state index in [9.17, 15) is 9.50 Å². The van der Waals surface area contributed by atoms with Crippen molar-refractivity contribution in [2.24, 2.45) is 0 Å². The van der Waals surface area contributed by atoms with E-state index in [1.807, 2.05) is 6.07 Å².